The summed E-state index contributed by atoms with van der Waals surface area (Å²) in [5.74, 6) is 1.63. The van der Waals surface area contributed by atoms with Gasteiger partial charge < -0.3 is 24.0 Å². The van der Waals surface area contributed by atoms with Crippen LogP contribution >= 0.6 is 11.3 Å². The second-order valence-corrected chi connectivity index (χ2v) is 11.0. The lowest BCUT2D eigenvalue weighted by molar-refractivity contribution is -0.135. The molecular weight excluding hydrogens is 512 g/mol. The number of thiophene rings is 1. The highest BCUT2D eigenvalue weighted by atomic mass is 32.1. The molecule has 2 amide bonds. The van der Waals surface area contributed by atoms with E-state index in [9.17, 15) is 9.59 Å². The van der Waals surface area contributed by atoms with Gasteiger partial charge in [0.25, 0.3) is 5.91 Å². The summed E-state index contributed by atoms with van der Waals surface area (Å²) in [4.78, 5) is 32.0. The predicted molar refractivity (Wildman–Crippen MR) is 154 cm³/mol. The van der Waals surface area contributed by atoms with Gasteiger partial charge in [0.2, 0.25) is 5.91 Å². The van der Waals surface area contributed by atoms with E-state index in [0.29, 0.717) is 50.0 Å². The van der Waals surface area contributed by atoms with Crippen molar-refractivity contribution >= 4 is 23.2 Å². The third kappa shape index (κ3) is 7.19. The van der Waals surface area contributed by atoms with E-state index in [0.717, 1.165) is 17.7 Å². The molecule has 7 nitrogen and oxygen atoms in total. The zero-order chi connectivity index (χ0) is 27.8. The van der Waals surface area contributed by atoms with Crippen LogP contribution in [0.15, 0.2) is 60.0 Å². The second-order valence-electron chi connectivity index (χ2n) is 9.99. The maximum absolute atomic E-state index is 13.8. The molecule has 0 radical (unpaired) electrons. The number of fused-ring (bicyclic) bond motifs is 1. The molecule has 8 heteroatoms. The van der Waals surface area contributed by atoms with Gasteiger partial charge in [-0.1, -0.05) is 26.0 Å². The Kier molecular flexibility index (Phi) is 10.0. The summed E-state index contributed by atoms with van der Waals surface area (Å²) >= 11 is 1.72. The Morgan fingerprint density at radius 1 is 1.03 bits per heavy atom. The van der Waals surface area contributed by atoms with E-state index >= 15 is 0 Å². The van der Waals surface area contributed by atoms with Crippen molar-refractivity contribution < 1.29 is 23.8 Å². The van der Waals surface area contributed by atoms with Crippen molar-refractivity contribution in [2.75, 3.05) is 47.1 Å². The number of carbonyl (C=O) groups is 2. The molecule has 0 spiro atoms. The molecule has 0 saturated carbocycles. The molecular formula is C31H38N2O5S. The lowest BCUT2D eigenvalue weighted by Crippen LogP contribution is -2.48. The molecule has 0 unspecified atom stereocenters. The molecule has 0 aliphatic carbocycles. The molecule has 0 saturated heterocycles. The number of rotatable bonds is 12. The third-order valence-electron chi connectivity index (χ3n) is 7.10. The summed E-state index contributed by atoms with van der Waals surface area (Å²) in [6.45, 7) is 6.20. The fourth-order valence-corrected chi connectivity index (χ4v) is 5.75. The van der Waals surface area contributed by atoms with Gasteiger partial charge in [-0.25, -0.2) is 0 Å². The first-order valence-corrected chi connectivity index (χ1v) is 14.3. The van der Waals surface area contributed by atoms with Gasteiger partial charge in [-0.15, -0.1) is 11.3 Å². The van der Waals surface area contributed by atoms with Gasteiger partial charge in [-0.05, 0) is 77.7 Å². The van der Waals surface area contributed by atoms with E-state index in [1.165, 1.54) is 10.4 Å². The summed E-state index contributed by atoms with van der Waals surface area (Å²) in [5.41, 5.74) is 2.90. The average molecular weight is 551 g/mol. The number of hydrogen-bond acceptors (Lipinski definition) is 6. The smallest absolute Gasteiger partial charge is 0.254 e. The molecule has 1 aliphatic heterocycles. The zero-order valence-electron chi connectivity index (χ0n) is 23.2. The van der Waals surface area contributed by atoms with E-state index in [2.05, 4.69) is 37.4 Å². The molecule has 3 aromatic rings. The summed E-state index contributed by atoms with van der Waals surface area (Å²) < 4.78 is 16.6. The Balaban J connectivity index is 1.50. The van der Waals surface area contributed by atoms with Gasteiger partial charge in [0.05, 0.1) is 13.2 Å². The lowest BCUT2D eigenvalue weighted by atomic mass is 10.00. The average Bonchev–Trinajstić information content (AvgIpc) is 3.44. The maximum Gasteiger partial charge on any atom is 0.254 e. The number of benzene rings is 2. The van der Waals surface area contributed by atoms with Gasteiger partial charge in [-0.2, -0.15) is 0 Å². The molecule has 0 N–H and O–H groups in total. The van der Waals surface area contributed by atoms with Crippen LogP contribution in [0.25, 0.3) is 0 Å². The quantitative estimate of drug-likeness (QED) is 0.276. The SMILES string of the molecule is COCCCN(CC(=O)N1CCc2sccc2[C@H]1COc1ccc(C(C)C)cc1)C(=O)c1ccc(OC)cc1. The number of nitrogens with zero attached hydrogens (tertiary/aromatic N) is 2. The van der Waals surface area contributed by atoms with Crippen LogP contribution in [0.2, 0.25) is 0 Å². The van der Waals surface area contributed by atoms with Gasteiger partial charge >= 0.3 is 0 Å². The van der Waals surface area contributed by atoms with Crippen LogP contribution < -0.4 is 9.47 Å². The molecule has 2 heterocycles. The van der Waals surface area contributed by atoms with Crippen molar-refractivity contribution in [3.05, 3.63) is 81.5 Å². The molecule has 39 heavy (non-hydrogen) atoms. The molecule has 2 aromatic carbocycles. The second kappa shape index (κ2) is 13.6. The number of ether oxygens (including phenoxy) is 3. The first-order chi connectivity index (χ1) is 18.9. The largest absolute Gasteiger partial charge is 0.497 e. The standard InChI is InChI=1S/C31H38N2O5S/c1-22(2)23-6-12-26(13-7-23)38-21-28-27-15-19-39-29(27)14-17-33(28)30(34)20-32(16-5-18-36-3)31(35)24-8-10-25(37-4)11-9-24/h6-13,15,19,22,28H,5,14,16-18,20-21H2,1-4H3/t28-/m1/s1. The Labute approximate surface area is 235 Å². The van der Waals surface area contributed by atoms with Crippen LogP contribution in [0.4, 0.5) is 0 Å². The van der Waals surface area contributed by atoms with Crippen molar-refractivity contribution in [1.29, 1.82) is 0 Å². The van der Waals surface area contributed by atoms with Gasteiger partial charge in [0, 0.05) is 37.2 Å². The highest BCUT2D eigenvalue weighted by Crippen LogP contribution is 2.34. The van der Waals surface area contributed by atoms with Crippen molar-refractivity contribution in [3.63, 3.8) is 0 Å². The van der Waals surface area contributed by atoms with Crippen LogP contribution in [0.3, 0.4) is 0 Å². The van der Waals surface area contributed by atoms with Crippen molar-refractivity contribution in [3.8, 4) is 11.5 Å². The first kappa shape index (κ1) is 28.6. The maximum atomic E-state index is 13.8. The number of methoxy groups -OCH3 is 2. The summed E-state index contributed by atoms with van der Waals surface area (Å²) in [7, 11) is 3.22. The fourth-order valence-electron chi connectivity index (χ4n) is 4.82. The monoisotopic (exact) mass is 550 g/mol. The van der Waals surface area contributed by atoms with Gasteiger partial charge in [0.1, 0.15) is 24.7 Å². The molecule has 0 fully saturated rings. The van der Waals surface area contributed by atoms with Crippen molar-refractivity contribution in [2.24, 2.45) is 0 Å². The summed E-state index contributed by atoms with van der Waals surface area (Å²) in [5, 5.41) is 2.08. The normalized spacial score (nSPS) is 14.7. The minimum Gasteiger partial charge on any atom is -0.497 e. The molecule has 4 rings (SSSR count). The van der Waals surface area contributed by atoms with E-state index in [4.69, 9.17) is 14.2 Å². The Bertz CT molecular complexity index is 1220. The van der Waals surface area contributed by atoms with E-state index < -0.39 is 0 Å². The predicted octanol–water partition coefficient (Wildman–Crippen LogP) is 5.56. The summed E-state index contributed by atoms with van der Waals surface area (Å²) in [6, 6.07) is 17.0. The van der Waals surface area contributed by atoms with E-state index in [-0.39, 0.29) is 24.4 Å². The summed E-state index contributed by atoms with van der Waals surface area (Å²) in [6.07, 6.45) is 1.44. The molecule has 1 atom stereocenters. The van der Waals surface area contributed by atoms with E-state index in [1.54, 1.807) is 54.7 Å². The molecule has 208 valence electrons. The van der Waals surface area contributed by atoms with Crippen molar-refractivity contribution in [2.45, 2.75) is 38.6 Å². The Hall–Kier alpha value is -3.36. The molecule has 1 aromatic heterocycles. The van der Waals surface area contributed by atoms with Crippen LogP contribution in [0.5, 0.6) is 11.5 Å². The van der Waals surface area contributed by atoms with E-state index in [1.807, 2.05) is 17.0 Å². The van der Waals surface area contributed by atoms with Crippen LogP contribution in [-0.4, -0.2) is 68.7 Å². The number of amides is 2. The van der Waals surface area contributed by atoms with Crippen molar-refractivity contribution in [1.82, 2.24) is 9.80 Å². The van der Waals surface area contributed by atoms with Crippen LogP contribution in [-0.2, 0) is 16.0 Å². The van der Waals surface area contributed by atoms with Crippen LogP contribution in [0, 0.1) is 0 Å². The zero-order valence-corrected chi connectivity index (χ0v) is 24.0. The Morgan fingerprint density at radius 2 is 1.74 bits per heavy atom. The molecule has 1 aliphatic rings. The Morgan fingerprint density at radius 3 is 2.41 bits per heavy atom. The minimum atomic E-state index is -0.214. The molecule has 0 bridgehead atoms. The number of hydrogen-bond donors (Lipinski definition) is 0. The fraction of sp³-hybridized carbons (Fsp3) is 0.419. The third-order valence-corrected chi connectivity index (χ3v) is 8.09. The first-order valence-electron chi connectivity index (χ1n) is 13.4. The van der Waals surface area contributed by atoms with Crippen LogP contribution in [0.1, 0.15) is 58.6 Å². The highest BCUT2D eigenvalue weighted by Gasteiger charge is 2.33. The van der Waals surface area contributed by atoms with Gasteiger partial charge in [-0.3, -0.25) is 9.59 Å². The highest BCUT2D eigenvalue weighted by molar-refractivity contribution is 7.10. The lowest BCUT2D eigenvalue weighted by Gasteiger charge is -2.37. The topological polar surface area (TPSA) is 68.3 Å². The van der Waals surface area contributed by atoms with Gasteiger partial charge in [0.15, 0.2) is 0 Å². The minimum absolute atomic E-state index is 0.00632. The number of carbonyl (C=O) groups excluding carboxylic acids is 2.